The summed E-state index contributed by atoms with van der Waals surface area (Å²) >= 11 is 0. The fourth-order valence-corrected chi connectivity index (χ4v) is 7.12. The van der Waals surface area contributed by atoms with E-state index in [2.05, 4.69) is 19.9 Å². The minimum Gasteiger partial charge on any atom is -0.462 e. The molecule has 0 aromatic rings. The third kappa shape index (κ3) is 2.39. The van der Waals surface area contributed by atoms with Crippen LogP contribution in [0.5, 0.6) is 0 Å². The SMILES string of the molecule is CC(=O)O[C@H]1CC[C@H]2[C@@H]3CC[C@H]4CC(=O)C(N)=C[C@]4(C)[C@H]3CC[C@]12C. The lowest BCUT2D eigenvalue weighted by atomic mass is 9.46. The molecule has 25 heavy (non-hydrogen) atoms. The van der Waals surface area contributed by atoms with Gasteiger partial charge in [-0.2, -0.15) is 0 Å². The summed E-state index contributed by atoms with van der Waals surface area (Å²) in [6.45, 7) is 6.22. The molecule has 0 bridgehead atoms. The van der Waals surface area contributed by atoms with Gasteiger partial charge in [0.25, 0.3) is 0 Å². The molecule has 0 radical (unpaired) electrons. The number of esters is 1. The predicted octanol–water partition coefficient (Wildman–Crippen LogP) is 3.59. The molecule has 4 nitrogen and oxygen atoms in total. The van der Waals surface area contributed by atoms with Crippen LogP contribution in [0.2, 0.25) is 0 Å². The highest BCUT2D eigenvalue weighted by atomic mass is 16.5. The average molecular weight is 345 g/mol. The molecule has 4 aliphatic rings. The highest BCUT2D eigenvalue weighted by Crippen LogP contribution is 2.65. The van der Waals surface area contributed by atoms with Crippen LogP contribution in [-0.2, 0) is 14.3 Å². The van der Waals surface area contributed by atoms with Crippen LogP contribution in [0.15, 0.2) is 11.8 Å². The molecular weight excluding hydrogens is 314 g/mol. The predicted molar refractivity (Wildman–Crippen MR) is 95.3 cm³/mol. The number of hydrogen-bond donors (Lipinski definition) is 1. The topological polar surface area (TPSA) is 69.4 Å². The molecule has 0 aliphatic heterocycles. The van der Waals surface area contributed by atoms with Crippen LogP contribution >= 0.6 is 0 Å². The Labute approximate surface area is 150 Å². The molecule has 2 N–H and O–H groups in total. The Morgan fingerprint density at radius 3 is 2.64 bits per heavy atom. The van der Waals surface area contributed by atoms with Crippen molar-refractivity contribution in [1.29, 1.82) is 0 Å². The molecule has 0 unspecified atom stereocenters. The van der Waals surface area contributed by atoms with Gasteiger partial charge in [0, 0.05) is 18.8 Å². The first kappa shape index (κ1) is 17.1. The fraction of sp³-hybridized carbons (Fsp3) is 0.810. The van der Waals surface area contributed by atoms with Gasteiger partial charge in [0.2, 0.25) is 0 Å². The summed E-state index contributed by atoms with van der Waals surface area (Å²) in [6.07, 6.45) is 9.57. The van der Waals surface area contributed by atoms with Gasteiger partial charge in [-0.3, -0.25) is 9.59 Å². The van der Waals surface area contributed by atoms with Crippen LogP contribution < -0.4 is 5.73 Å². The van der Waals surface area contributed by atoms with Crippen LogP contribution in [-0.4, -0.2) is 17.9 Å². The summed E-state index contributed by atoms with van der Waals surface area (Å²) in [6, 6.07) is 0. The van der Waals surface area contributed by atoms with Crippen molar-refractivity contribution in [2.75, 3.05) is 0 Å². The number of nitrogens with two attached hydrogens (primary N) is 1. The van der Waals surface area contributed by atoms with E-state index < -0.39 is 0 Å². The zero-order valence-electron chi connectivity index (χ0n) is 15.7. The molecule has 0 heterocycles. The van der Waals surface area contributed by atoms with E-state index in [-0.39, 0.29) is 28.7 Å². The lowest BCUT2D eigenvalue weighted by molar-refractivity contribution is -0.158. The molecule has 0 amide bonds. The first-order valence-electron chi connectivity index (χ1n) is 9.94. The van der Waals surface area contributed by atoms with Gasteiger partial charge in [0.1, 0.15) is 6.10 Å². The standard InChI is InChI=1S/C21H31NO3/c1-12(23)25-19-7-6-15-14-5-4-13-10-18(24)17(22)11-21(13,3)16(14)8-9-20(15,19)2/h11,13-16,19H,4-10,22H2,1-3H3/t13-,14-,15-,16-,19-,20-,21-/m0/s1. The molecule has 0 aromatic heterocycles. The lowest BCUT2D eigenvalue weighted by Gasteiger charge is -2.58. The van der Waals surface area contributed by atoms with Crippen LogP contribution in [0.3, 0.4) is 0 Å². The van der Waals surface area contributed by atoms with Crippen LogP contribution in [0.1, 0.15) is 65.7 Å². The van der Waals surface area contributed by atoms with E-state index in [9.17, 15) is 9.59 Å². The van der Waals surface area contributed by atoms with Crippen molar-refractivity contribution in [1.82, 2.24) is 0 Å². The molecular formula is C21H31NO3. The quantitative estimate of drug-likeness (QED) is 0.737. The third-order valence-corrected chi connectivity index (χ3v) is 8.41. The average Bonchev–Trinajstić information content (AvgIpc) is 2.85. The van der Waals surface area contributed by atoms with Crippen molar-refractivity contribution in [2.24, 2.45) is 40.2 Å². The molecule has 7 atom stereocenters. The Hall–Kier alpha value is -1.32. The number of ether oxygens (including phenoxy) is 1. The fourth-order valence-electron chi connectivity index (χ4n) is 7.12. The molecule has 0 saturated heterocycles. The third-order valence-electron chi connectivity index (χ3n) is 8.41. The minimum absolute atomic E-state index is 0.0573. The first-order valence-corrected chi connectivity index (χ1v) is 9.94. The number of carbonyl (C=O) groups excluding carboxylic acids is 2. The molecule has 4 aliphatic carbocycles. The Morgan fingerprint density at radius 2 is 1.92 bits per heavy atom. The van der Waals surface area contributed by atoms with Gasteiger partial charge < -0.3 is 10.5 Å². The summed E-state index contributed by atoms with van der Waals surface area (Å²) < 4.78 is 5.71. The molecule has 0 spiro atoms. The Bertz CT molecular complexity index is 641. The zero-order valence-corrected chi connectivity index (χ0v) is 15.7. The number of ketones is 1. The zero-order chi connectivity index (χ0) is 18.0. The van der Waals surface area contributed by atoms with Gasteiger partial charge in [0.15, 0.2) is 5.78 Å². The van der Waals surface area contributed by atoms with E-state index >= 15 is 0 Å². The Morgan fingerprint density at radius 1 is 1.16 bits per heavy atom. The summed E-state index contributed by atoms with van der Waals surface area (Å²) in [5, 5.41) is 0. The molecule has 3 fully saturated rings. The van der Waals surface area contributed by atoms with Crippen LogP contribution in [0.4, 0.5) is 0 Å². The second-order valence-corrected chi connectivity index (χ2v) is 9.46. The Kier molecular flexibility index (Phi) is 3.82. The maximum absolute atomic E-state index is 12.1. The van der Waals surface area contributed by atoms with Crippen molar-refractivity contribution in [3.05, 3.63) is 11.8 Å². The summed E-state index contributed by atoms with van der Waals surface area (Å²) in [5.74, 6) is 2.33. The number of fused-ring (bicyclic) bond motifs is 5. The normalized spacial score (nSPS) is 48.8. The summed E-state index contributed by atoms with van der Waals surface area (Å²) in [5.41, 5.74) is 6.72. The van der Waals surface area contributed by atoms with E-state index in [1.807, 2.05) is 0 Å². The van der Waals surface area contributed by atoms with Crippen LogP contribution in [0.25, 0.3) is 0 Å². The van der Waals surface area contributed by atoms with Gasteiger partial charge in [-0.25, -0.2) is 0 Å². The van der Waals surface area contributed by atoms with Crippen molar-refractivity contribution in [3.63, 3.8) is 0 Å². The van der Waals surface area contributed by atoms with Crippen molar-refractivity contribution >= 4 is 11.8 Å². The molecule has 138 valence electrons. The van der Waals surface area contributed by atoms with Crippen molar-refractivity contribution < 1.29 is 14.3 Å². The number of carbonyl (C=O) groups is 2. The van der Waals surface area contributed by atoms with Gasteiger partial charge in [-0.1, -0.05) is 19.9 Å². The van der Waals surface area contributed by atoms with Crippen molar-refractivity contribution in [3.8, 4) is 0 Å². The van der Waals surface area contributed by atoms with E-state index in [1.54, 1.807) is 0 Å². The summed E-state index contributed by atoms with van der Waals surface area (Å²) in [7, 11) is 0. The molecule has 3 saturated carbocycles. The smallest absolute Gasteiger partial charge is 0.302 e. The number of rotatable bonds is 1. The number of allylic oxidation sites excluding steroid dienone is 2. The number of Topliss-reactive ketones (excluding diaryl/α,β-unsaturated/α-hetero) is 1. The van der Waals surface area contributed by atoms with Crippen molar-refractivity contribution in [2.45, 2.75) is 71.8 Å². The van der Waals surface area contributed by atoms with E-state index in [4.69, 9.17) is 10.5 Å². The monoisotopic (exact) mass is 345 g/mol. The molecule has 0 aromatic carbocycles. The van der Waals surface area contributed by atoms with Gasteiger partial charge >= 0.3 is 5.97 Å². The lowest BCUT2D eigenvalue weighted by Crippen LogP contribution is -2.54. The number of hydrogen-bond acceptors (Lipinski definition) is 4. The van der Waals surface area contributed by atoms with Gasteiger partial charge in [-0.15, -0.1) is 0 Å². The molecule has 4 rings (SSSR count). The highest BCUT2D eigenvalue weighted by molar-refractivity contribution is 5.95. The maximum atomic E-state index is 12.1. The summed E-state index contributed by atoms with van der Waals surface area (Å²) in [4.78, 5) is 23.6. The first-order chi connectivity index (χ1) is 11.8. The second kappa shape index (κ2) is 5.59. The van der Waals surface area contributed by atoms with E-state index in [0.29, 0.717) is 35.8 Å². The van der Waals surface area contributed by atoms with E-state index in [1.165, 1.54) is 13.3 Å². The van der Waals surface area contributed by atoms with Gasteiger partial charge in [0.05, 0.1) is 5.70 Å². The molecule has 4 heteroatoms. The maximum Gasteiger partial charge on any atom is 0.302 e. The van der Waals surface area contributed by atoms with Crippen LogP contribution in [0, 0.1) is 34.5 Å². The Balaban J connectivity index is 1.64. The highest BCUT2D eigenvalue weighted by Gasteiger charge is 2.60. The van der Waals surface area contributed by atoms with Gasteiger partial charge in [-0.05, 0) is 67.6 Å². The van der Waals surface area contributed by atoms with E-state index in [0.717, 1.165) is 32.1 Å². The largest absolute Gasteiger partial charge is 0.462 e. The minimum atomic E-state index is -0.147. The second-order valence-electron chi connectivity index (χ2n) is 9.46.